The van der Waals surface area contributed by atoms with Crippen LogP contribution in [-0.4, -0.2) is 29.9 Å². The number of nitrogens with zero attached hydrogens (tertiary/aromatic N) is 1. The maximum Gasteiger partial charge on any atom is 0.220 e. The number of anilines is 1. The van der Waals surface area contributed by atoms with Crippen molar-refractivity contribution in [2.75, 3.05) is 18.8 Å². The standard InChI is InChI=1S/C21H25F2N3O.2ClH/c22-18-7-3-8-19(23)17(18)14-26-12-4-6-16(13-26)25-21(27)11-10-15-5-1-2-9-20(15)24;;/h1-3,5,7-9,16H,4,6,10-14,24H2,(H,25,27);2*1H. The fraction of sp³-hybridized carbons (Fsp3) is 0.381. The summed E-state index contributed by atoms with van der Waals surface area (Å²) < 4.78 is 27.7. The van der Waals surface area contributed by atoms with Crippen LogP contribution >= 0.6 is 24.8 Å². The van der Waals surface area contributed by atoms with Crippen molar-refractivity contribution in [3.05, 3.63) is 65.2 Å². The van der Waals surface area contributed by atoms with E-state index in [-0.39, 0.29) is 48.9 Å². The van der Waals surface area contributed by atoms with Crippen molar-refractivity contribution in [1.29, 1.82) is 0 Å². The Morgan fingerprint density at radius 1 is 1.10 bits per heavy atom. The minimum Gasteiger partial charge on any atom is -0.399 e. The second-order valence-electron chi connectivity index (χ2n) is 7.04. The van der Waals surface area contributed by atoms with Gasteiger partial charge in [0.2, 0.25) is 5.91 Å². The molecule has 0 bridgehead atoms. The number of carbonyl (C=O) groups is 1. The number of carbonyl (C=O) groups excluding carboxylic acids is 1. The number of amides is 1. The molecule has 29 heavy (non-hydrogen) atoms. The third-order valence-corrected chi connectivity index (χ3v) is 4.99. The Hall–Kier alpha value is -1.89. The first kappa shape index (κ1) is 25.1. The van der Waals surface area contributed by atoms with Gasteiger partial charge in [-0.05, 0) is 49.6 Å². The summed E-state index contributed by atoms with van der Waals surface area (Å²) >= 11 is 0. The third kappa shape index (κ3) is 7.14. The number of hydrogen-bond donors (Lipinski definition) is 2. The molecule has 0 radical (unpaired) electrons. The lowest BCUT2D eigenvalue weighted by atomic mass is 10.0. The predicted molar refractivity (Wildman–Crippen MR) is 116 cm³/mol. The van der Waals surface area contributed by atoms with Gasteiger partial charge in [-0.1, -0.05) is 24.3 Å². The number of aryl methyl sites for hydroxylation is 1. The first-order valence-electron chi connectivity index (χ1n) is 9.31. The van der Waals surface area contributed by atoms with Crippen molar-refractivity contribution in [2.45, 2.75) is 38.3 Å². The zero-order valence-electron chi connectivity index (χ0n) is 16.1. The topological polar surface area (TPSA) is 58.4 Å². The number of nitrogens with two attached hydrogens (primary N) is 1. The highest BCUT2D eigenvalue weighted by molar-refractivity contribution is 5.85. The maximum absolute atomic E-state index is 13.9. The van der Waals surface area contributed by atoms with Crippen LogP contribution in [0.5, 0.6) is 0 Å². The van der Waals surface area contributed by atoms with E-state index < -0.39 is 11.6 Å². The molecule has 4 nitrogen and oxygen atoms in total. The van der Waals surface area contributed by atoms with Crippen LogP contribution in [0.1, 0.15) is 30.4 Å². The minimum atomic E-state index is -0.526. The van der Waals surface area contributed by atoms with Gasteiger partial charge in [-0.25, -0.2) is 8.78 Å². The number of nitrogens with one attached hydrogen (secondary N) is 1. The van der Waals surface area contributed by atoms with E-state index in [2.05, 4.69) is 5.32 Å². The average molecular weight is 446 g/mol. The van der Waals surface area contributed by atoms with E-state index in [1.54, 1.807) is 0 Å². The molecule has 0 aromatic heterocycles. The van der Waals surface area contributed by atoms with Crippen LogP contribution in [0, 0.1) is 11.6 Å². The third-order valence-electron chi connectivity index (χ3n) is 4.99. The van der Waals surface area contributed by atoms with Crippen LogP contribution in [0.15, 0.2) is 42.5 Å². The zero-order chi connectivity index (χ0) is 19.2. The summed E-state index contributed by atoms with van der Waals surface area (Å²) in [6.07, 6.45) is 2.71. The molecule has 1 saturated heterocycles. The van der Waals surface area contributed by atoms with E-state index in [1.807, 2.05) is 29.2 Å². The Balaban J connectivity index is 0.00000210. The highest BCUT2D eigenvalue weighted by Gasteiger charge is 2.23. The smallest absolute Gasteiger partial charge is 0.220 e. The van der Waals surface area contributed by atoms with E-state index in [4.69, 9.17) is 5.73 Å². The lowest BCUT2D eigenvalue weighted by molar-refractivity contribution is -0.122. The largest absolute Gasteiger partial charge is 0.399 e. The number of rotatable bonds is 6. The lowest BCUT2D eigenvalue weighted by Crippen LogP contribution is -2.47. The van der Waals surface area contributed by atoms with E-state index in [9.17, 15) is 13.6 Å². The highest BCUT2D eigenvalue weighted by Crippen LogP contribution is 2.19. The molecule has 1 amide bonds. The fourth-order valence-electron chi connectivity index (χ4n) is 3.53. The molecule has 1 aliphatic heterocycles. The van der Waals surface area contributed by atoms with Crippen molar-refractivity contribution >= 4 is 36.4 Å². The molecule has 0 spiro atoms. The summed E-state index contributed by atoms with van der Waals surface area (Å²) in [6, 6.07) is 11.4. The molecule has 1 heterocycles. The molecule has 160 valence electrons. The van der Waals surface area contributed by atoms with Crippen molar-refractivity contribution in [1.82, 2.24) is 10.2 Å². The van der Waals surface area contributed by atoms with Crippen LogP contribution in [0.4, 0.5) is 14.5 Å². The van der Waals surface area contributed by atoms with Crippen LogP contribution < -0.4 is 11.1 Å². The Bertz CT molecular complexity index is 787. The number of halogens is 4. The number of nitrogen functional groups attached to an aromatic ring is 1. The molecule has 1 unspecified atom stereocenters. The van der Waals surface area contributed by atoms with Gasteiger partial charge in [0.1, 0.15) is 11.6 Å². The van der Waals surface area contributed by atoms with Crippen LogP contribution in [0.25, 0.3) is 0 Å². The van der Waals surface area contributed by atoms with Gasteiger partial charge in [-0.3, -0.25) is 9.69 Å². The summed E-state index contributed by atoms with van der Waals surface area (Å²) in [5.41, 5.74) is 7.66. The van der Waals surface area contributed by atoms with Gasteiger partial charge < -0.3 is 11.1 Å². The van der Waals surface area contributed by atoms with E-state index >= 15 is 0 Å². The number of likely N-dealkylation sites (tertiary alicyclic amines) is 1. The number of benzene rings is 2. The zero-order valence-corrected chi connectivity index (χ0v) is 17.7. The molecule has 2 aromatic carbocycles. The average Bonchev–Trinajstić information content (AvgIpc) is 2.64. The number of para-hydroxylation sites is 1. The summed E-state index contributed by atoms with van der Waals surface area (Å²) in [6.45, 7) is 1.57. The second kappa shape index (κ2) is 12.0. The first-order chi connectivity index (χ1) is 13.0. The van der Waals surface area contributed by atoms with Crippen molar-refractivity contribution in [3.8, 4) is 0 Å². The fourth-order valence-corrected chi connectivity index (χ4v) is 3.53. The van der Waals surface area contributed by atoms with E-state index in [0.717, 1.165) is 24.9 Å². The van der Waals surface area contributed by atoms with Crippen molar-refractivity contribution < 1.29 is 13.6 Å². The lowest BCUT2D eigenvalue weighted by Gasteiger charge is -2.33. The van der Waals surface area contributed by atoms with Gasteiger partial charge in [0.25, 0.3) is 0 Å². The molecule has 1 fully saturated rings. The van der Waals surface area contributed by atoms with Gasteiger partial charge in [0, 0.05) is 36.8 Å². The van der Waals surface area contributed by atoms with Crippen LogP contribution in [0.2, 0.25) is 0 Å². The van der Waals surface area contributed by atoms with E-state index in [1.165, 1.54) is 18.2 Å². The van der Waals surface area contributed by atoms with Crippen molar-refractivity contribution in [3.63, 3.8) is 0 Å². The minimum absolute atomic E-state index is 0. The molecule has 1 atom stereocenters. The monoisotopic (exact) mass is 445 g/mol. The van der Waals surface area contributed by atoms with Gasteiger partial charge >= 0.3 is 0 Å². The Morgan fingerprint density at radius 2 is 1.79 bits per heavy atom. The normalized spacial score (nSPS) is 16.4. The molecule has 0 saturated carbocycles. The molecular weight excluding hydrogens is 419 g/mol. The Morgan fingerprint density at radius 3 is 2.48 bits per heavy atom. The first-order valence-corrected chi connectivity index (χ1v) is 9.31. The Kier molecular flexibility index (Phi) is 10.4. The molecule has 0 aliphatic carbocycles. The van der Waals surface area contributed by atoms with E-state index in [0.29, 0.717) is 25.1 Å². The van der Waals surface area contributed by atoms with Crippen LogP contribution in [-0.2, 0) is 17.8 Å². The summed E-state index contributed by atoms with van der Waals surface area (Å²) in [5.74, 6) is -1.08. The molecule has 1 aliphatic rings. The van der Waals surface area contributed by atoms with Gasteiger partial charge in [-0.2, -0.15) is 0 Å². The highest BCUT2D eigenvalue weighted by atomic mass is 35.5. The summed E-state index contributed by atoms with van der Waals surface area (Å²) in [5, 5.41) is 3.04. The maximum atomic E-state index is 13.9. The second-order valence-corrected chi connectivity index (χ2v) is 7.04. The molecule has 2 aromatic rings. The Labute approximate surface area is 182 Å². The molecular formula is C21H27Cl2F2N3O. The SMILES string of the molecule is Cl.Cl.Nc1ccccc1CCC(=O)NC1CCCN(Cc2c(F)cccc2F)C1. The van der Waals surface area contributed by atoms with Gasteiger partial charge in [-0.15, -0.1) is 24.8 Å². The number of piperidine rings is 1. The molecule has 3 N–H and O–H groups in total. The van der Waals surface area contributed by atoms with Gasteiger partial charge in [0.15, 0.2) is 0 Å². The summed E-state index contributed by atoms with van der Waals surface area (Å²) in [7, 11) is 0. The van der Waals surface area contributed by atoms with Crippen molar-refractivity contribution in [2.24, 2.45) is 0 Å². The van der Waals surface area contributed by atoms with Gasteiger partial charge in [0.05, 0.1) is 0 Å². The summed E-state index contributed by atoms with van der Waals surface area (Å²) in [4.78, 5) is 14.3. The predicted octanol–water partition coefficient (Wildman–Crippen LogP) is 4.10. The molecule has 3 rings (SSSR count). The van der Waals surface area contributed by atoms with Crippen LogP contribution in [0.3, 0.4) is 0 Å². The quantitative estimate of drug-likeness (QED) is 0.657. The number of hydrogen-bond acceptors (Lipinski definition) is 3. The molecule has 8 heteroatoms.